The first kappa shape index (κ1) is 9.65. The number of nitrogens with zero attached hydrogens (tertiary/aromatic N) is 3. The van der Waals surface area contributed by atoms with Gasteiger partial charge in [0.1, 0.15) is 0 Å². The molecule has 0 saturated heterocycles. The van der Waals surface area contributed by atoms with Crippen molar-refractivity contribution in [2.75, 3.05) is 6.54 Å². The number of hydrogen-bond donors (Lipinski definition) is 1. The summed E-state index contributed by atoms with van der Waals surface area (Å²) in [5, 5.41) is 8.08. The van der Waals surface area contributed by atoms with E-state index in [1.54, 1.807) is 0 Å². The number of nitrogens with two attached hydrogens (primary N) is 1. The molecule has 1 aromatic heterocycles. The molecular weight excluding hydrogens is 176 g/mol. The predicted molar refractivity (Wildman–Crippen MR) is 54.7 cm³/mol. The quantitative estimate of drug-likeness (QED) is 0.760. The standard InChI is InChI=1S/C10H18N4/c1-10(4-5-10)8-14-9(3-2-6-11)7-12-13-14/h7H,2-6,8,11H2,1H3. The molecule has 14 heavy (non-hydrogen) atoms. The second kappa shape index (κ2) is 3.69. The van der Waals surface area contributed by atoms with Crippen molar-refractivity contribution in [1.82, 2.24) is 15.0 Å². The number of aryl methyl sites for hydroxylation is 1. The summed E-state index contributed by atoms with van der Waals surface area (Å²) in [4.78, 5) is 0. The van der Waals surface area contributed by atoms with Gasteiger partial charge in [0.2, 0.25) is 0 Å². The maximum Gasteiger partial charge on any atom is 0.0725 e. The zero-order chi connectivity index (χ0) is 10.0. The average molecular weight is 194 g/mol. The zero-order valence-electron chi connectivity index (χ0n) is 8.74. The second-order valence-electron chi connectivity index (χ2n) is 4.59. The summed E-state index contributed by atoms with van der Waals surface area (Å²) in [6.45, 7) is 4.07. The van der Waals surface area contributed by atoms with Crippen LogP contribution in [0.2, 0.25) is 0 Å². The van der Waals surface area contributed by atoms with E-state index in [4.69, 9.17) is 5.73 Å². The summed E-state index contributed by atoms with van der Waals surface area (Å²) in [6.07, 6.45) is 6.53. The summed E-state index contributed by atoms with van der Waals surface area (Å²) in [5.41, 5.74) is 7.20. The molecule has 2 rings (SSSR count). The first-order valence-electron chi connectivity index (χ1n) is 5.31. The lowest BCUT2D eigenvalue weighted by atomic mass is 10.1. The molecule has 0 spiro atoms. The van der Waals surface area contributed by atoms with Crippen LogP contribution in [-0.4, -0.2) is 21.5 Å². The maximum absolute atomic E-state index is 5.48. The molecule has 1 aliphatic rings. The van der Waals surface area contributed by atoms with E-state index in [0.29, 0.717) is 5.41 Å². The van der Waals surface area contributed by atoms with Gasteiger partial charge in [0.25, 0.3) is 0 Å². The van der Waals surface area contributed by atoms with Gasteiger partial charge in [-0.05, 0) is 37.6 Å². The molecule has 1 saturated carbocycles. The van der Waals surface area contributed by atoms with Crippen molar-refractivity contribution in [3.8, 4) is 0 Å². The third-order valence-corrected chi connectivity index (χ3v) is 2.97. The lowest BCUT2D eigenvalue weighted by molar-refractivity contribution is 0.413. The number of aromatic nitrogens is 3. The Morgan fingerprint density at radius 2 is 2.36 bits per heavy atom. The van der Waals surface area contributed by atoms with E-state index in [1.807, 2.05) is 10.9 Å². The van der Waals surface area contributed by atoms with Crippen LogP contribution in [0.1, 0.15) is 31.9 Å². The SMILES string of the molecule is CC1(Cn2nncc2CCCN)CC1. The molecule has 78 valence electrons. The minimum Gasteiger partial charge on any atom is -0.330 e. The van der Waals surface area contributed by atoms with Crippen molar-refractivity contribution in [2.45, 2.75) is 39.2 Å². The normalized spacial score (nSPS) is 18.4. The Balaban J connectivity index is 1.98. The predicted octanol–water partition coefficient (Wildman–Crippen LogP) is 0.970. The highest BCUT2D eigenvalue weighted by molar-refractivity contribution is 4.97. The van der Waals surface area contributed by atoms with Crippen molar-refractivity contribution >= 4 is 0 Å². The smallest absolute Gasteiger partial charge is 0.0725 e. The van der Waals surface area contributed by atoms with Gasteiger partial charge in [-0.2, -0.15) is 0 Å². The Morgan fingerprint density at radius 1 is 1.57 bits per heavy atom. The van der Waals surface area contributed by atoms with Gasteiger partial charge in [0, 0.05) is 6.54 Å². The van der Waals surface area contributed by atoms with E-state index in [0.717, 1.165) is 25.9 Å². The molecule has 4 nitrogen and oxygen atoms in total. The third-order valence-electron chi connectivity index (χ3n) is 2.97. The van der Waals surface area contributed by atoms with Crippen LogP contribution < -0.4 is 5.73 Å². The molecule has 0 aromatic carbocycles. The Labute approximate surface area is 84.5 Å². The van der Waals surface area contributed by atoms with Crippen molar-refractivity contribution in [1.29, 1.82) is 0 Å². The molecule has 2 N–H and O–H groups in total. The summed E-state index contributed by atoms with van der Waals surface area (Å²) >= 11 is 0. The zero-order valence-corrected chi connectivity index (χ0v) is 8.74. The molecule has 1 aliphatic carbocycles. The van der Waals surface area contributed by atoms with E-state index in [2.05, 4.69) is 17.2 Å². The fourth-order valence-electron chi connectivity index (χ4n) is 1.62. The molecule has 4 heteroatoms. The molecule has 0 aliphatic heterocycles. The Kier molecular flexibility index (Phi) is 2.54. The fourth-order valence-corrected chi connectivity index (χ4v) is 1.62. The summed E-state index contributed by atoms with van der Waals surface area (Å²) in [5.74, 6) is 0. The summed E-state index contributed by atoms with van der Waals surface area (Å²) < 4.78 is 2.04. The first-order valence-corrected chi connectivity index (χ1v) is 5.31. The molecule has 0 unspecified atom stereocenters. The largest absolute Gasteiger partial charge is 0.330 e. The van der Waals surface area contributed by atoms with Gasteiger partial charge >= 0.3 is 0 Å². The van der Waals surface area contributed by atoms with Gasteiger partial charge in [-0.3, -0.25) is 0 Å². The van der Waals surface area contributed by atoms with Gasteiger partial charge < -0.3 is 5.73 Å². The third kappa shape index (κ3) is 2.12. The monoisotopic (exact) mass is 194 g/mol. The van der Waals surface area contributed by atoms with Gasteiger partial charge in [0.15, 0.2) is 0 Å². The molecule has 0 radical (unpaired) electrons. The lowest BCUT2D eigenvalue weighted by Crippen LogP contribution is -2.13. The first-order chi connectivity index (χ1) is 6.73. The molecule has 1 heterocycles. The van der Waals surface area contributed by atoms with Crippen LogP contribution in [0.3, 0.4) is 0 Å². The topological polar surface area (TPSA) is 56.7 Å². The fraction of sp³-hybridized carbons (Fsp3) is 0.800. The van der Waals surface area contributed by atoms with Gasteiger partial charge in [-0.15, -0.1) is 5.10 Å². The van der Waals surface area contributed by atoms with Crippen LogP contribution in [0.15, 0.2) is 6.20 Å². The number of rotatable bonds is 5. The van der Waals surface area contributed by atoms with E-state index in [-0.39, 0.29) is 0 Å². The number of hydrogen-bond acceptors (Lipinski definition) is 3. The van der Waals surface area contributed by atoms with Gasteiger partial charge in [0.05, 0.1) is 11.9 Å². The van der Waals surface area contributed by atoms with Crippen molar-refractivity contribution in [3.05, 3.63) is 11.9 Å². The molecule has 0 amide bonds. The molecule has 0 bridgehead atoms. The van der Waals surface area contributed by atoms with E-state index in [9.17, 15) is 0 Å². The molecule has 1 aromatic rings. The molecule has 1 fully saturated rings. The van der Waals surface area contributed by atoms with E-state index >= 15 is 0 Å². The Bertz CT molecular complexity index is 301. The van der Waals surface area contributed by atoms with Crippen LogP contribution in [0.25, 0.3) is 0 Å². The highest BCUT2D eigenvalue weighted by atomic mass is 15.4. The highest BCUT2D eigenvalue weighted by Gasteiger charge is 2.38. The second-order valence-corrected chi connectivity index (χ2v) is 4.59. The minimum atomic E-state index is 0.491. The summed E-state index contributed by atoms with van der Waals surface area (Å²) in [6, 6.07) is 0. The lowest BCUT2D eigenvalue weighted by Gasteiger charge is -2.10. The van der Waals surface area contributed by atoms with Crippen LogP contribution in [-0.2, 0) is 13.0 Å². The van der Waals surface area contributed by atoms with Crippen LogP contribution in [0, 0.1) is 5.41 Å². The van der Waals surface area contributed by atoms with Gasteiger partial charge in [-0.1, -0.05) is 12.1 Å². The van der Waals surface area contributed by atoms with E-state index in [1.165, 1.54) is 18.5 Å². The Hall–Kier alpha value is -0.900. The van der Waals surface area contributed by atoms with Crippen molar-refractivity contribution in [3.63, 3.8) is 0 Å². The van der Waals surface area contributed by atoms with Crippen molar-refractivity contribution < 1.29 is 0 Å². The maximum atomic E-state index is 5.48. The van der Waals surface area contributed by atoms with Crippen LogP contribution in [0.4, 0.5) is 0 Å². The minimum absolute atomic E-state index is 0.491. The highest BCUT2D eigenvalue weighted by Crippen LogP contribution is 2.46. The summed E-state index contributed by atoms with van der Waals surface area (Å²) in [7, 11) is 0. The van der Waals surface area contributed by atoms with Gasteiger partial charge in [-0.25, -0.2) is 4.68 Å². The average Bonchev–Trinajstić information content (AvgIpc) is 2.74. The van der Waals surface area contributed by atoms with E-state index < -0.39 is 0 Å². The molecular formula is C10H18N4. The van der Waals surface area contributed by atoms with Crippen LogP contribution >= 0.6 is 0 Å². The Morgan fingerprint density at radius 3 is 3.00 bits per heavy atom. The molecule has 0 atom stereocenters. The van der Waals surface area contributed by atoms with Crippen LogP contribution in [0.5, 0.6) is 0 Å². The van der Waals surface area contributed by atoms with Crippen molar-refractivity contribution in [2.24, 2.45) is 11.1 Å².